The Morgan fingerprint density at radius 1 is 1.40 bits per heavy atom. The maximum atomic E-state index is 12.3. The molecule has 1 amide bonds. The molecular formula is C13H22Cl2N4O. The molecule has 1 N–H and O–H groups in total. The second kappa shape index (κ2) is 8.29. The summed E-state index contributed by atoms with van der Waals surface area (Å²) in [5.41, 5.74) is 0.661. The van der Waals surface area contributed by atoms with E-state index in [1.165, 1.54) is 0 Å². The Morgan fingerprint density at radius 2 is 2.10 bits per heavy atom. The molecule has 114 valence electrons. The van der Waals surface area contributed by atoms with Crippen molar-refractivity contribution in [2.75, 3.05) is 38.6 Å². The highest BCUT2D eigenvalue weighted by molar-refractivity contribution is 5.94. The van der Waals surface area contributed by atoms with Crippen LogP contribution >= 0.6 is 24.8 Å². The molecular weight excluding hydrogens is 299 g/mol. The lowest BCUT2D eigenvalue weighted by Crippen LogP contribution is -2.52. The highest BCUT2D eigenvalue weighted by atomic mass is 35.5. The normalized spacial score (nSPS) is 17.8. The molecule has 1 aliphatic heterocycles. The lowest BCUT2D eigenvalue weighted by Gasteiger charge is -2.34. The van der Waals surface area contributed by atoms with Crippen LogP contribution in [0.2, 0.25) is 0 Å². The monoisotopic (exact) mass is 320 g/mol. The first-order valence-electron chi connectivity index (χ1n) is 6.24. The molecule has 2 rings (SSSR count). The fourth-order valence-electron chi connectivity index (χ4n) is 2.09. The quantitative estimate of drug-likeness (QED) is 0.895. The number of nitrogens with zero attached hydrogens (tertiary/aromatic N) is 3. The van der Waals surface area contributed by atoms with Gasteiger partial charge in [0.1, 0.15) is 5.82 Å². The highest BCUT2D eigenvalue weighted by Crippen LogP contribution is 2.12. The predicted octanol–water partition coefficient (Wildman–Crippen LogP) is 1.43. The SMILES string of the molecule is C[C@H]1CNCCN1C(=O)c1ccc(N(C)C)nc1.Cl.Cl. The number of carbonyl (C=O) groups excluding carboxylic acids is 1. The van der Waals surface area contributed by atoms with Crippen LogP contribution in [0.5, 0.6) is 0 Å². The van der Waals surface area contributed by atoms with Gasteiger partial charge in [0.25, 0.3) is 5.91 Å². The van der Waals surface area contributed by atoms with Crippen molar-refractivity contribution in [2.24, 2.45) is 0 Å². The lowest BCUT2D eigenvalue weighted by atomic mass is 10.1. The minimum absolute atomic E-state index is 0. The van der Waals surface area contributed by atoms with E-state index < -0.39 is 0 Å². The van der Waals surface area contributed by atoms with Gasteiger partial charge < -0.3 is 15.1 Å². The van der Waals surface area contributed by atoms with E-state index in [0.29, 0.717) is 5.56 Å². The fourth-order valence-corrected chi connectivity index (χ4v) is 2.09. The molecule has 0 aliphatic carbocycles. The number of anilines is 1. The number of piperazine rings is 1. The maximum absolute atomic E-state index is 12.3. The third kappa shape index (κ3) is 4.23. The smallest absolute Gasteiger partial charge is 0.255 e. The summed E-state index contributed by atoms with van der Waals surface area (Å²) in [6, 6.07) is 3.96. The summed E-state index contributed by atoms with van der Waals surface area (Å²) < 4.78 is 0. The topological polar surface area (TPSA) is 48.5 Å². The zero-order chi connectivity index (χ0) is 13.1. The number of aromatic nitrogens is 1. The number of rotatable bonds is 2. The van der Waals surface area contributed by atoms with E-state index >= 15 is 0 Å². The Kier molecular flexibility index (Phi) is 7.86. The highest BCUT2D eigenvalue weighted by Gasteiger charge is 2.24. The summed E-state index contributed by atoms with van der Waals surface area (Å²) in [5, 5.41) is 3.28. The van der Waals surface area contributed by atoms with Gasteiger partial charge in [-0.15, -0.1) is 24.8 Å². The molecule has 0 aromatic carbocycles. The van der Waals surface area contributed by atoms with Crippen LogP contribution in [0.3, 0.4) is 0 Å². The lowest BCUT2D eigenvalue weighted by molar-refractivity contribution is 0.0655. The molecule has 1 atom stereocenters. The van der Waals surface area contributed by atoms with Crippen LogP contribution in [0, 0.1) is 0 Å². The molecule has 0 radical (unpaired) electrons. The van der Waals surface area contributed by atoms with Crippen LogP contribution in [-0.4, -0.2) is 55.6 Å². The average molecular weight is 321 g/mol. The Morgan fingerprint density at radius 3 is 2.60 bits per heavy atom. The minimum atomic E-state index is 0. The van der Waals surface area contributed by atoms with Gasteiger partial charge in [-0.1, -0.05) is 0 Å². The van der Waals surface area contributed by atoms with Crippen molar-refractivity contribution in [3.8, 4) is 0 Å². The summed E-state index contributed by atoms with van der Waals surface area (Å²) >= 11 is 0. The molecule has 0 unspecified atom stereocenters. The number of hydrogen-bond acceptors (Lipinski definition) is 4. The second-order valence-corrected chi connectivity index (χ2v) is 4.85. The molecule has 0 bridgehead atoms. The van der Waals surface area contributed by atoms with E-state index in [0.717, 1.165) is 25.5 Å². The Labute approximate surface area is 132 Å². The largest absolute Gasteiger partial charge is 0.363 e. The number of nitrogens with one attached hydrogen (secondary N) is 1. The van der Waals surface area contributed by atoms with Gasteiger partial charge in [-0.25, -0.2) is 4.98 Å². The Balaban J connectivity index is 0.00000180. The van der Waals surface area contributed by atoms with E-state index in [9.17, 15) is 4.79 Å². The first-order chi connectivity index (χ1) is 8.59. The van der Waals surface area contributed by atoms with Crippen molar-refractivity contribution >= 4 is 36.5 Å². The third-order valence-corrected chi connectivity index (χ3v) is 3.22. The van der Waals surface area contributed by atoms with Gasteiger partial charge in [0.15, 0.2) is 0 Å². The molecule has 1 aromatic heterocycles. The maximum Gasteiger partial charge on any atom is 0.255 e. The van der Waals surface area contributed by atoms with Gasteiger partial charge >= 0.3 is 0 Å². The second-order valence-electron chi connectivity index (χ2n) is 4.85. The summed E-state index contributed by atoms with van der Waals surface area (Å²) in [7, 11) is 3.87. The molecule has 5 nitrogen and oxygen atoms in total. The van der Waals surface area contributed by atoms with E-state index in [-0.39, 0.29) is 36.8 Å². The molecule has 1 saturated heterocycles. The van der Waals surface area contributed by atoms with Gasteiger partial charge in [-0.2, -0.15) is 0 Å². The number of hydrogen-bond donors (Lipinski definition) is 1. The molecule has 20 heavy (non-hydrogen) atoms. The summed E-state index contributed by atoms with van der Waals surface area (Å²) in [5.74, 6) is 0.932. The van der Waals surface area contributed by atoms with Gasteiger partial charge in [0, 0.05) is 46.0 Å². The first-order valence-corrected chi connectivity index (χ1v) is 6.24. The zero-order valence-corrected chi connectivity index (χ0v) is 13.6. The summed E-state index contributed by atoms with van der Waals surface area (Å²) in [6.45, 7) is 4.54. The minimum Gasteiger partial charge on any atom is -0.363 e. The van der Waals surface area contributed by atoms with Gasteiger partial charge in [0.2, 0.25) is 0 Å². The molecule has 2 heterocycles. The predicted molar refractivity (Wildman–Crippen MR) is 86.4 cm³/mol. The van der Waals surface area contributed by atoms with E-state index in [1.54, 1.807) is 6.20 Å². The summed E-state index contributed by atoms with van der Waals surface area (Å²) in [4.78, 5) is 20.4. The van der Waals surface area contributed by atoms with E-state index in [4.69, 9.17) is 0 Å². The molecule has 7 heteroatoms. The number of halogens is 2. The number of pyridine rings is 1. The van der Waals surface area contributed by atoms with Crippen LogP contribution in [0.4, 0.5) is 5.82 Å². The van der Waals surface area contributed by atoms with Crippen LogP contribution < -0.4 is 10.2 Å². The van der Waals surface area contributed by atoms with E-state index in [2.05, 4.69) is 17.2 Å². The summed E-state index contributed by atoms with van der Waals surface area (Å²) in [6.07, 6.45) is 1.66. The number of amides is 1. The first kappa shape index (κ1) is 19.0. The van der Waals surface area contributed by atoms with Crippen LogP contribution in [0.1, 0.15) is 17.3 Å². The van der Waals surface area contributed by atoms with Gasteiger partial charge in [0.05, 0.1) is 5.56 Å². The Hall–Kier alpha value is -1.04. The Bertz CT molecular complexity index is 425. The van der Waals surface area contributed by atoms with Crippen molar-refractivity contribution in [1.29, 1.82) is 0 Å². The number of carbonyl (C=O) groups is 1. The standard InChI is InChI=1S/C13H20N4O.2ClH/c1-10-8-14-6-7-17(10)13(18)11-4-5-12(15-9-11)16(2)3;;/h4-5,9-10,14H,6-8H2,1-3H3;2*1H/t10-;;/m0../s1. The van der Waals surface area contributed by atoms with Crippen molar-refractivity contribution in [1.82, 2.24) is 15.2 Å². The van der Waals surface area contributed by atoms with Crippen LogP contribution in [0.25, 0.3) is 0 Å². The molecule has 1 aromatic rings. The molecule has 0 spiro atoms. The average Bonchev–Trinajstić information content (AvgIpc) is 2.38. The fraction of sp³-hybridized carbons (Fsp3) is 0.538. The van der Waals surface area contributed by atoms with Crippen molar-refractivity contribution in [3.05, 3.63) is 23.9 Å². The molecule has 1 aliphatic rings. The van der Waals surface area contributed by atoms with Crippen molar-refractivity contribution in [2.45, 2.75) is 13.0 Å². The third-order valence-electron chi connectivity index (χ3n) is 3.22. The zero-order valence-electron chi connectivity index (χ0n) is 12.0. The molecule has 0 saturated carbocycles. The van der Waals surface area contributed by atoms with Crippen LogP contribution in [0.15, 0.2) is 18.3 Å². The van der Waals surface area contributed by atoms with Gasteiger partial charge in [-0.05, 0) is 19.1 Å². The van der Waals surface area contributed by atoms with Crippen LogP contribution in [-0.2, 0) is 0 Å². The van der Waals surface area contributed by atoms with Crippen molar-refractivity contribution < 1.29 is 4.79 Å². The molecule has 1 fully saturated rings. The van der Waals surface area contributed by atoms with Crippen molar-refractivity contribution in [3.63, 3.8) is 0 Å². The van der Waals surface area contributed by atoms with E-state index in [1.807, 2.05) is 36.0 Å². The van der Waals surface area contributed by atoms with Gasteiger partial charge in [-0.3, -0.25) is 4.79 Å².